The van der Waals surface area contributed by atoms with Crippen LogP contribution in [0, 0.1) is 11.3 Å². The lowest BCUT2D eigenvalue weighted by atomic mass is 9.99. The molecule has 1 amide bonds. The second kappa shape index (κ2) is 9.40. The molecule has 0 saturated carbocycles. The first-order valence-electron chi connectivity index (χ1n) is 9.43. The molecule has 1 aliphatic rings. The lowest BCUT2D eigenvalue weighted by molar-refractivity contribution is -0.150. The first kappa shape index (κ1) is 23.3. The topological polar surface area (TPSA) is 70.4 Å². The van der Waals surface area contributed by atoms with Crippen LogP contribution >= 0.6 is 15.9 Å². The van der Waals surface area contributed by atoms with Gasteiger partial charge in [-0.2, -0.15) is 18.4 Å². The molecule has 2 aromatic carbocycles. The molecule has 164 valence electrons. The molecule has 0 fully saturated rings. The number of amides is 1. The van der Waals surface area contributed by atoms with Crippen molar-refractivity contribution in [1.29, 1.82) is 5.26 Å². The molecule has 0 aromatic heterocycles. The van der Waals surface area contributed by atoms with Crippen LogP contribution in [0.2, 0.25) is 0 Å². The summed E-state index contributed by atoms with van der Waals surface area (Å²) in [5.74, 6) is -2.26. The maximum Gasteiger partial charge on any atom is 0.423 e. The Kier molecular flexibility index (Phi) is 6.84. The Bertz CT molecular complexity index is 1170. The predicted octanol–water partition coefficient (Wildman–Crippen LogP) is 5.32. The number of alkyl halides is 3. The zero-order valence-corrected chi connectivity index (χ0v) is 18.3. The van der Waals surface area contributed by atoms with E-state index in [1.807, 2.05) is 6.07 Å². The van der Waals surface area contributed by atoms with E-state index in [-0.39, 0.29) is 18.7 Å². The normalized spacial score (nSPS) is 15.3. The maximum absolute atomic E-state index is 13.5. The van der Waals surface area contributed by atoms with E-state index in [1.54, 1.807) is 48.5 Å². The van der Waals surface area contributed by atoms with Crippen LogP contribution in [-0.2, 0) is 20.9 Å². The number of ether oxygens (including phenoxy) is 1. The zero-order valence-electron chi connectivity index (χ0n) is 16.7. The van der Waals surface area contributed by atoms with E-state index in [1.165, 1.54) is 11.8 Å². The average Bonchev–Trinajstić information content (AvgIpc) is 3.00. The van der Waals surface area contributed by atoms with Crippen molar-refractivity contribution >= 4 is 39.1 Å². The summed E-state index contributed by atoms with van der Waals surface area (Å²) in [7, 11) is 0. The molecule has 9 heteroatoms. The van der Waals surface area contributed by atoms with E-state index in [9.17, 15) is 28.0 Å². The van der Waals surface area contributed by atoms with Gasteiger partial charge in [0, 0.05) is 10.0 Å². The van der Waals surface area contributed by atoms with Crippen molar-refractivity contribution in [3.63, 3.8) is 0 Å². The van der Waals surface area contributed by atoms with Crippen LogP contribution in [0.3, 0.4) is 0 Å². The van der Waals surface area contributed by atoms with Crippen molar-refractivity contribution < 1.29 is 27.5 Å². The molecule has 3 rings (SSSR count). The van der Waals surface area contributed by atoms with Gasteiger partial charge in [0.1, 0.15) is 5.57 Å². The van der Waals surface area contributed by atoms with Gasteiger partial charge in [-0.3, -0.25) is 4.79 Å². The number of allylic oxidation sites excluding steroid dienone is 2. The Morgan fingerprint density at radius 1 is 1.22 bits per heavy atom. The summed E-state index contributed by atoms with van der Waals surface area (Å²) in [6.45, 7) is 1.25. The molecule has 1 heterocycles. The molecule has 0 aliphatic carbocycles. The number of rotatable bonds is 5. The molecule has 1 aliphatic heterocycles. The Balaban J connectivity index is 2.19. The summed E-state index contributed by atoms with van der Waals surface area (Å²) < 4.78 is 45.6. The molecule has 32 heavy (non-hydrogen) atoms. The summed E-state index contributed by atoms with van der Waals surface area (Å²) in [5, 5.41) is 9.65. The molecule has 0 radical (unpaired) electrons. The van der Waals surface area contributed by atoms with Gasteiger partial charge < -0.3 is 9.64 Å². The van der Waals surface area contributed by atoms with E-state index < -0.39 is 29.2 Å². The van der Waals surface area contributed by atoms with Crippen LogP contribution in [0.1, 0.15) is 18.1 Å². The minimum absolute atomic E-state index is 0.157. The second-order valence-electron chi connectivity index (χ2n) is 6.72. The number of carbonyl (C=O) groups is 2. The van der Waals surface area contributed by atoms with E-state index in [0.29, 0.717) is 21.8 Å². The summed E-state index contributed by atoms with van der Waals surface area (Å²) in [6.07, 6.45) is -4.69. The minimum Gasteiger partial charge on any atom is -0.462 e. The van der Waals surface area contributed by atoms with Crippen LogP contribution in [0.15, 0.2) is 70.2 Å². The number of esters is 1. The Morgan fingerprint density at radius 2 is 1.91 bits per heavy atom. The lowest BCUT2D eigenvalue weighted by Gasteiger charge is -2.17. The Labute approximate surface area is 190 Å². The van der Waals surface area contributed by atoms with Crippen molar-refractivity contribution in [2.24, 2.45) is 0 Å². The molecule has 0 unspecified atom stereocenters. The van der Waals surface area contributed by atoms with Gasteiger partial charge in [-0.1, -0.05) is 46.3 Å². The fourth-order valence-electron chi connectivity index (χ4n) is 3.26. The summed E-state index contributed by atoms with van der Waals surface area (Å²) in [6, 6.07) is 15.6. The number of halogens is 4. The number of hydrogen-bond acceptors (Lipinski definition) is 4. The van der Waals surface area contributed by atoms with Crippen molar-refractivity contribution in [3.8, 4) is 6.07 Å². The number of anilines is 1. The quantitative estimate of drug-likeness (QED) is 0.313. The first-order chi connectivity index (χ1) is 15.2. The number of carbonyl (C=O) groups excluding carboxylic acids is 2. The van der Waals surface area contributed by atoms with Crippen LogP contribution < -0.4 is 4.90 Å². The van der Waals surface area contributed by atoms with E-state index in [2.05, 4.69) is 20.7 Å². The van der Waals surface area contributed by atoms with E-state index in [0.717, 1.165) is 5.56 Å². The summed E-state index contributed by atoms with van der Waals surface area (Å²) in [4.78, 5) is 26.6. The number of benzene rings is 2. The fourth-order valence-corrected chi connectivity index (χ4v) is 3.62. The van der Waals surface area contributed by atoms with E-state index in [4.69, 9.17) is 0 Å². The highest BCUT2D eigenvalue weighted by molar-refractivity contribution is 9.10. The van der Waals surface area contributed by atoms with Gasteiger partial charge in [0.05, 0.1) is 36.1 Å². The van der Waals surface area contributed by atoms with Crippen molar-refractivity contribution in [2.45, 2.75) is 19.6 Å². The molecule has 0 N–H and O–H groups in total. The minimum atomic E-state index is -5.07. The largest absolute Gasteiger partial charge is 0.462 e. The molecule has 5 nitrogen and oxygen atoms in total. The standard InChI is InChI=1S/C23H16BrF3N2O3/c1-2-32-22(31)18(23(25,26)27)10-15(12-28)20-17-11-16(24)8-9-19(17)29(21(20)30)13-14-6-4-3-5-7-14/h3-11H,2,13H2,1H3/b18-10-,20-15+. The first-order valence-corrected chi connectivity index (χ1v) is 10.2. The molecular weight excluding hydrogens is 489 g/mol. The highest BCUT2D eigenvalue weighted by Gasteiger charge is 2.41. The lowest BCUT2D eigenvalue weighted by Crippen LogP contribution is -2.26. The van der Waals surface area contributed by atoms with E-state index >= 15 is 0 Å². The van der Waals surface area contributed by atoms with Gasteiger partial charge in [0.15, 0.2) is 0 Å². The molecular formula is C23H16BrF3N2O3. The highest BCUT2D eigenvalue weighted by Crippen LogP contribution is 2.41. The van der Waals surface area contributed by atoms with Gasteiger partial charge in [-0.25, -0.2) is 4.79 Å². The fraction of sp³-hybridized carbons (Fsp3) is 0.174. The zero-order chi connectivity index (χ0) is 23.5. The monoisotopic (exact) mass is 504 g/mol. The van der Waals surface area contributed by atoms with Crippen LogP contribution in [0.4, 0.5) is 18.9 Å². The van der Waals surface area contributed by atoms with Gasteiger partial charge >= 0.3 is 12.1 Å². The van der Waals surface area contributed by atoms with Gasteiger partial charge in [-0.15, -0.1) is 0 Å². The van der Waals surface area contributed by atoms with Crippen LogP contribution in [-0.4, -0.2) is 24.7 Å². The average molecular weight is 505 g/mol. The third-order valence-corrected chi connectivity index (χ3v) is 5.13. The second-order valence-corrected chi connectivity index (χ2v) is 7.63. The van der Waals surface area contributed by atoms with Gasteiger partial charge in [0.25, 0.3) is 5.91 Å². The predicted molar refractivity (Wildman–Crippen MR) is 115 cm³/mol. The Hall–Kier alpha value is -3.38. The maximum atomic E-state index is 13.5. The van der Waals surface area contributed by atoms with Crippen molar-refractivity contribution in [1.82, 2.24) is 0 Å². The summed E-state index contributed by atoms with van der Waals surface area (Å²) in [5.41, 5.74) is -0.917. The highest BCUT2D eigenvalue weighted by atomic mass is 79.9. The molecule has 0 saturated heterocycles. The SMILES string of the molecule is CCOC(=O)/C(=C/C(C#N)=C1\C(=O)N(Cc2ccccc2)c2ccc(Br)cc21)C(F)(F)F. The smallest absolute Gasteiger partial charge is 0.423 e. The van der Waals surface area contributed by atoms with Gasteiger partial charge in [0.2, 0.25) is 0 Å². The summed E-state index contributed by atoms with van der Waals surface area (Å²) >= 11 is 3.29. The molecule has 0 atom stereocenters. The number of nitrogens with zero attached hydrogens (tertiary/aromatic N) is 2. The van der Waals surface area contributed by atoms with Crippen LogP contribution in [0.5, 0.6) is 0 Å². The molecule has 2 aromatic rings. The van der Waals surface area contributed by atoms with Crippen molar-refractivity contribution in [2.75, 3.05) is 11.5 Å². The molecule has 0 bridgehead atoms. The molecule has 0 spiro atoms. The number of fused-ring (bicyclic) bond motifs is 1. The number of hydrogen-bond donors (Lipinski definition) is 0. The van der Waals surface area contributed by atoms with Crippen molar-refractivity contribution in [3.05, 3.63) is 81.4 Å². The third kappa shape index (κ3) is 4.75. The van der Waals surface area contributed by atoms with Crippen LogP contribution in [0.25, 0.3) is 5.57 Å². The van der Waals surface area contributed by atoms with Gasteiger partial charge in [-0.05, 0) is 36.8 Å². The third-order valence-electron chi connectivity index (χ3n) is 4.64. The number of nitriles is 1. The Morgan fingerprint density at radius 3 is 2.50 bits per heavy atom.